The predicted octanol–water partition coefficient (Wildman–Crippen LogP) is 5.12. The zero-order valence-electron chi connectivity index (χ0n) is 15.4. The van der Waals surface area contributed by atoms with E-state index in [1.165, 1.54) is 12.1 Å². The normalized spacial score (nSPS) is 20.2. The molecule has 0 saturated carbocycles. The first-order valence-electron chi connectivity index (χ1n) is 9.00. The highest BCUT2D eigenvalue weighted by atomic mass is 35.5. The van der Waals surface area contributed by atoms with Crippen molar-refractivity contribution in [2.75, 3.05) is 6.61 Å². The molecule has 8 heteroatoms. The van der Waals surface area contributed by atoms with Crippen LogP contribution in [0.5, 0.6) is 0 Å². The molecular weight excluding hydrogens is 423 g/mol. The third kappa shape index (κ3) is 5.92. The van der Waals surface area contributed by atoms with Crippen LogP contribution in [0.4, 0.5) is 0 Å². The Hall–Kier alpha value is -1.15. The summed E-state index contributed by atoms with van der Waals surface area (Å²) >= 11 is 12.0. The Labute approximate surface area is 175 Å². The molecule has 1 aliphatic rings. The Morgan fingerprint density at radius 2 is 1.86 bits per heavy atom. The number of aryl methyl sites for hydroxylation is 1. The fourth-order valence-corrected chi connectivity index (χ4v) is 4.27. The summed E-state index contributed by atoms with van der Waals surface area (Å²) in [6, 6.07) is 11.8. The molecule has 1 aliphatic heterocycles. The van der Waals surface area contributed by atoms with Gasteiger partial charge in [-0.05, 0) is 56.0 Å². The van der Waals surface area contributed by atoms with Crippen LogP contribution >= 0.6 is 23.2 Å². The maximum absolute atomic E-state index is 12.3. The summed E-state index contributed by atoms with van der Waals surface area (Å²) in [6.45, 7) is 2.14. The second-order valence-electron chi connectivity index (χ2n) is 6.72. The highest BCUT2D eigenvalue weighted by Crippen LogP contribution is 2.25. The van der Waals surface area contributed by atoms with Crippen molar-refractivity contribution in [3.8, 4) is 0 Å². The summed E-state index contributed by atoms with van der Waals surface area (Å²) in [7, 11) is -3.81. The summed E-state index contributed by atoms with van der Waals surface area (Å²) in [4.78, 5) is 0.138. The third-order valence-electron chi connectivity index (χ3n) is 4.47. The van der Waals surface area contributed by atoms with E-state index in [4.69, 9.17) is 36.9 Å². The molecule has 0 aromatic heterocycles. The van der Waals surface area contributed by atoms with Crippen LogP contribution in [0.15, 0.2) is 47.4 Å². The first kappa shape index (κ1) is 21.6. The zero-order valence-corrected chi connectivity index (χ0v) is 17.8. The topological polar surface area (TPSA) is 61.8 Å². The van der Waals surface area contributed by atoms with Crippen molar-refractivity contribution >= 4 is 33.3 Å². The molecule has 152 valence electrons. The molecule has 5 nitrogen and oxygen atoms in total. The number of hydrogen-bond acceptors (Lipinski definition) is 5. The number of halogens is 2. The van der Waals surface area contributed by atoms with Gasteiger partial charge in [0.1, 0.15) is 0 Å². The first-order chi connectivity index (χ1) is 13.3. The zero-order chi connectivity index (χ0) is 20.1. The molecule has 0 aliphatic carbocycles. The van der Waals surface area contributed by atoms with Crippen LogP contribution in [0.1, 0.15) is 30.4 Å². The van der Waals surface area contributed by atoms with Gasteiger partial charge in [-0.3, -0.25) is 4.18 Å². The second-order valence-corrected chi connectivity index (χ2v) is 9.18. The lowest BCUT2D eigenvalue weighted by Gasteiger charge is -2.29. The van der Waals surface area contributed by atoms with Gasteiger partial charge in [0.25, 0.3) is 10.1 Å². The average molecular weight is 445 g/mol. The van der Waals surface area contributed by atoms with Crippen molar-refractivity contribution in [2.45, 2.75) is 50.1 Å². The van der Waals surface area contributed by atoms with E-state index in [9.17, 15) is 8.42 Å². The molecule has 0 unspecified atom stereocenters. The monoisotopic (exact) mass is 444 g/mol. The Kier molecular flexibility index (Phi) is 7.36. The van der Waals surface area contributed by atoms with Gasteiger partial charge in [0, 0.05) is 10.0 Å². The van der Waals surface area contributed by atoms with Gasteiger partial charge in [0.05, 0.1) is 24.2 Å². The maximum Gasteiger partial charge on any atom is 0.297 e. The van der Waals surface area contributed by atoms with Gasteiger partial charge in [0.15, 0.2) is 6.29 Å². The third-order valence-corrected chi connectivity index (χ3v) is 6.35. The Morgan fingerprint density at radius 3 is 2.57 bits per heavy atom. The van der Waals surface area contributed by atoms with E-state index < -0.39 is 16.4 Å². The second kappa shape index (κ2) is 9.57. The maximum atomic E-state index is 12.3. The fourth-order valence-electron chi connectivity index (χ4n) is 2.87. The lowest BCUT2D eigenvalue weighted by Crippen LogP contribution is -2.33. The molecule has 1 heterocycles. The molecule has 0 bridgehead atoms. The molecule has 3 rings (SSSR count). The van der Waals surface area contributed by atoms with Crippen molar-refractivity contribution in [3.05, 3.63) is 63.6 Å². The molecule has 2 aromatic carbocycles. The summed E-state index contributed by atoms with van der Waals surface area (Å²) < 4.78 is 41.4. The van der Waals surface area contributed by atoms with Crippen molar-refractivity contribution in [1.82, 2.24) is 0 Å². The SMILES string of the molecule is Cc1ccc(S(=O)(=O)OC[C@H]2CCC[C@@H](OCc3ccc(Cl)cc3Cl)O2)cc1. The van der Waals surface area contributed by atoms with Crippen LogP contribution in [-0.2, 0) is 30.4 Å². The van der Waals surface area contributed by atoms with E-state index >= 15 is 0 Å². The van der Waals surface area contributed by atoms with Crippen molar-refractivity contribution in [2.24, 2.45) is 0 Å². The molecule has 1 saturated heterocycles. The fraction of sp³-hybridized carbons (Fsp3) is 0.400. The van der Waals surface area contributed by atoms with Gasteiger partial charge in [0.2, 0.25) is 0 Å². The van der Waals surface area contributed by atoms with E-state index in [1.807, 2.05) is 13.0 Å². The predicted molar refractivity (Wildman–Crippen MR) is 108 cm³/mol. The van der Waals surface area contributed by atoms with E-state index in [0.29, 0.717) is 16.5 Å². The summed E-state index contributed by atoms with van der Waals surface area (Å²) in [5.74, 6) is 0. The minimum absolute atomic E-state index is 0.0439. The van der Waals surface area contributed by atoms with Crippen LogP contribution in [0.2, 0.25) is 10.0 Å². The molecule has 2 atom stereocenters. The van der Waals surface area contributed by atoms with Crippen LogP contribution in [0.3, 0.4) is 0 Å². The molecule has 28 heavy (non-hydrogen) atoms. The smallest absolute Gasteiger partial charge is 0.297 e. The van der Waals surface area contributed by atoms with E-state index in [0.717, 1.165) is 24.0 Å². The number of rotatable bonds is 7. The molecule has 1 fully saturated rings. The molecular formula is C20H22Cl2O5S. The largest absolute Gasteiger partial charge is 0.348 e. The van der Waals surface area contributed by atoms with Gasteiger partial charge in [-0.1, -0.05) is 47.0 Å². The lowest BCUT2D eigenvalue weighted by atomic mass is 10.1. The van der Waals surface area contributed by atoms with Gasteiger partial charge in [-0.15, -0.1) is 0 Å². The minimum Gasteiger partial charge on any atom is -0.348 e. The molecule has 0 spiro atoms. The summed E-state index contributed by atoms with van der Waals surface area (Å²) in [5, 5.41) is 1.10. The Bertz CT molecular complexity index is 899. The Morgan fingerprint density at radius 1 is 1.11 bits per heavy atom. The molecule has 2 aromatic rings. The number of hydrogen-bond donors (Lipinski definition) is 0. The number of benzene rings is 2. The van der Waals surface area contributed by atoms with E-state index in [-0.39, 0.29) is 24.2 Å². The van der Waals surface area contributed by atoms with Gasteiger partial charge in [-0.2, -0.15) is 8.42 Å². The molecule has 0 radical (unpaired) electrons. The molecule has 0 amide bonds. The van der Waals surface area contributed by atoms with E-state index in [1.54, 1.807) is 24.3 Å². The average Bonchev–Trinajstić information content (AvgIpc) is 2.66. The van der Waals surface area contributed by atoms with Crippen LogP contribution in [0, 0.1) is 6.92 Å². The number of ether oxygens (including phenoxy) is 2. The van der Waals surface area contributed by atoms with Crippen molar-refractivity contribution in [1.29, 1.82) is 0 Å². The van der Waals surface area contributed by atoms with Crippen LogP contribution < -0.4 is 0 Å². The van der Waals surface area contributed by atoms with Crippen molar-refractivity contribution in [3.63, 3.8) is 0 Å². The van der Waals surface area contributed by atoms with Crippen LogP contribution in [-0.4, -0.2) is 27.4 Å². The summed E-state index contributed by atoms with van der Waals surface area (Å²) in [5.41, 5.74) is 1.80. The van der Waals surface area contributed by atoms with Gasteiger partial charge in [-0.25, -0.2) is 0 Å². The van der Waals surface area contributed by atoms with E-state index in [2.05, 4.69) is 0 Å². The minimum atomic E-state index is -3.81. The summed E-state index contributed by atoms with van der Waals surface area (Å²) in [6.07, 6.45) is 1.52. The quantitative estimate of drug-likeness (QED) is 0.554. The van der Waals surface area contributed by atoms with Crippen molar-refractivity contribution < 1.29 is 22.1 Å². The van der Waals surface area contributed by atoms with Gasteiger partial charge < -0.3 is 9.47 Å². The highest BCUT2D eigenvalue weighted by molar-refractivity contribution is 7.86. The van der Waals surface area contributed by atoms with Crippen LogP contribution in [0.25, 0.3) is 0 Å². The highest BCUT2D eigenvalue weighted by Gasteiger charge is 2.26. The van der Waals surface area contributed by atoms with Gasteiger partial charge >= 0.3 is 0 Å². The standard InChI is InChI=1S/C20H22Cl2O5S/c1-14-5-9-18(10-6-14)28(23,24)26-13-17-3-2-4-20(27-17)25-12-15-7-8-16(21)11-19(15)22/h5-11,17,20H,2-4,12-13H2,1H3/t17-,20+/m1/s1. The molecule has 0 N–H and O–H groups in total. The first-order valence-corrected chi connectivity index (χ1v) is 11.2. The Balaban J connectivity index is 1.51. The lowest BCUT2D eigenvalue weighted by molar-refractivity contribution is -0.204.